The molecule has 0 heterocycles. The molecule has 0 aliphatic heterocycles. The number of hydrogen-bond donors (Lipinski definition) is 1. The molecule has 3 aromatic carbocycles. The summed E-state index contributed by atoms with van der Waals surface area (Å²) in [5.74, 6) is 0.976. The van der Waals surface area contributed by atoms with E-state index in [0.717, 1.165) is 54.5 Å². The van der Waals surface area contributed by atoms with Crippen molar-refractivity contribution in [2.45, 2.75) is 51.6 Å². The maximum atomic E-state index is 14.6. The van der Waals surface area contributed by atoms with Crippen molar-refractivity contribution in [1.29, 1.82) is 0 Å². The molecule has 1 aliphatic carbocycles. The van der Waals surface area contributed by atoms with Gasteiger partial charge in [-0.1, -0.05) is 42.0 Å². The van der Waals surface area contributed by atoms with Crippen LogP contribution in [0, 0.1) is 12.7 Å². The zero-order valence-electron chi connectivity index (χ0n) is 17.7. The summed E-state index contributed by atoms with van der Waals surface area (Å²) >= 11 is 0. The first-order valence-corrected chi connectivity index (χ1v) is 10.7. The zero-order chi connectivity index (χ0) is 21.1. The number of methoxy groups -OCH3 is 1. The number of benzene rings is 3. The van der Waals surface area contributed by atoms with Gasteiger partial charge in [0.15, 0.2) is 0 Å². The average molecular weight is 405 g/mol. The topological polar surface area (TPSA) is 29.5 Å². The molecule has 4 rings (SSSR count). The normalized spacial score (nSPS) is 15.3. The first-order valence-electron chi connectivity index (χ1n) is 10.7. The fraction of sp³-hybridized carbons (Fsp3) is 0.333. The van der Waals surface area contributed by atoms with E-state index in [-0.39, 0.29) is 12.4 Å². The highest BCUT2D eigenvalue weighted by molar-refractivity contribution is 5.45. The number of fused-ring (bicyclic) bond motifs is 1. The van der Waals surface area contributed by atoms with Crippen molar-refractivity contribution < 1.29 is 14.2 Å². The van der Waals surface area contributed by atoms with Gasteiger partial charge in [-0.05, 0) is 96.5 Å². The molecule has 1 aliphatic rings. The monoisotopic (exact) mass is 404 g/mol. The number of halogens is 1. The molecule has 3 heteroatoms. The maximum Gasteiger partial charge on any atom is 0.126 e. The van der Waals surface area contributed by atoms with Gasteiger partial charge in [-0.2, -0.15) is 0 Å². The van der Waals surface area contributed by atoms with Crippen LogP contribution in [0.4, 0.5) is 4.39 Å². The van der Waals surface area contributed by atoms with Gasteiger partial charge in [0.05, 0.1) is 13.7 Å². The fourth-order valence-corrected chi connectivity index (χ4v) is 4.71. The third kappa shape index (κ3) is 4.41. The Kier molecular flexibility index (Phi) is 6.19. The minimum atomic E-state index is -0.0757. The van der Waals surface area contributed by atoms with E-state index >= 15 is 0 Å². The SMILES string of the molecule is COc1cc(CO)cc(CC2CCc3c(F)ccc(CCc4ccc(C)cc4)c32)c1. The fourth-order valence-electron chi connectivity index (χ4n) is 4.71. The van der Waals surface area contributed by atoms with Crippen molar-refractivity contribution in [3.05, 3.63) is 99.4 Å². The van der Waals surface area contributed by atoms with Crippen molar-refractivity contribution >= 4 is 0 Å². The summed E-state index contributed by atoms with van der Waals surface area (Å²) in [4.78, 5) is 0. The molecule has 0 fully saturated rings. The van der Waals surface area contributed by atoms with Crippen molar-refractivity contribution in [3.63, 3.8) is 0 Å². The second-order valence-electron chi connectivity index (χ2n) is 8.37. The van der Waals surface area contributed by atoms with Gasteiger partial charge in [0.25, 0.3) is 0 Å². The Morgan fingerprint density at radius 1 is 0.967 bits per heavy atom. The van der Waals surface area contributed by atoms with Gasteiger partial charge < -0.3 is 9.84 Å². The number of aliphatic hydroxyl groups is 1. The van der Waals surface area contributed by atoms with Gasteiger partial charge in [0.2, 0.25) is 0 Å². The Labute approximate surface area is 178 Å². The third-order valence-corrected chi connectivity index (χ3v) is 6.27. The summed E-state index contributed by atoms with van der Waals surface area (Å²) in [5, 5.41) is 9.57. The molecule has 156 valence electrons. The van der Waals surface area contributed by atoms with Gasteiger partial charge in [-0.15, -0.1) is 0 Å². The Morgan fingerprint density at radius 2 is 1.73 bits per heavy atom. The van der Waals surface area contributed by atoms with Crippen molar-refractivity contribution in [3.8, 4) is 5.75 Å². The van der Waals surface area contributed by atoms with E-state index in [4.69, 9.17) is 4.74 Å². The number of ether oxygens (including phenoxy) is 1. The number of aliphatic hydroxyl groups excluding tert-OH is 1. The van der Waals surface area contributed by atoms with Crippen LogP contribution in [0.1, 0.15) is 51.3 Å². The second-order valence-corrected chi connectivity index (χ2v) is 8.37. The summed E-state index contributed by atoms with van der Waals surface area (Å²) in [5.41, 5.74) is 7.92. The van der Waals surface area contributed by atoms with Crippen LogP contribution >= 0.6 is 0 Å². The molecule has 1 atom stereocenters. The lowest BCUT2D eigenvalue weighted by Gasteiger charge is -2.18. The molecule has 0 radical (unpaired) electrons. The molecule has 0 spiro atoms. The second kappa shape index (κ2) is 9.01. The van der Waals surface area contributed by atoms with E-state index in [1.807, 2.05) is 24.3 Å². The summed E-state index contributed by atoms with van der Waals surface area (Å²) in [7, 11) is 1.64. The molecule has 3 aromatic rings. The first-order chi connectivity index (χ1) is 14.6. The molecule has 0 amide bonds. The van der Waals surface area contributed by atoms with Gasteiger partial charge in [-0.25, -0.2) is 4.39 Å². The molecule has 0 aromatic heterocycles. The van der Waals surface area contributed by atoms with Crippen LogP contribution < -0.4 is 4.74 Å². The molecule has 1 unspecified atom stereocenters. The van der Waals surface area contributed by atoms with Gasteiger partial charge >= 0.3 is 0 Å². The van der Waals surface area contributed by atoms with Crippen LogP contribution in [0.15, 0.2) is 54.6 Å². The van der Waals surface area contributed by atoms with Crippen LogP contribution in [-0.2, 0) is 32.3 Å². The molecule has 0 saturated carbocycles. The summed E-state index contributed by atoms with van der Waals surface area (Å²) < 4.78 is 20.0. The molecule has 1 N–H and O–H groups in total. The van der Waals surface area contributed by atoms with E-state index in [9.17, 15) is 9.50 Å². The van der Waals surface area contributed by atoms with Crippen LogP contribution in [-0.4, -0.2) is 12.2 Å². The minimum Gasteiger partial charge on any atom is -0.497 e. The smallest absolute Gasteiger partial charge is 0.126 e. The van der Waals surface area contributed by atoms with Crippen LogP contribution in [0.3, 0.4) is 0 Å². The largest absolute Gasteiger partial charge is 0.497 e. The lowest BCUT2D eigenvalue weighted by Crippen LogP contribution is -2.06. The Hall–Kier alpha value is -2.65. The van der Waals surface area contributed by atoms with Crippen LogP contribution in [0.5, 0.6) is 5.75 Å². The predicted octanol–water partition coefficient (Wildman–Crippen LogP) is 5.69. The molecular formula is C27H29FO2. The number of rotatable bonds is 7. The van der Waals surface area contributed by atoms with E-state index in [2.05, 4.69) is 31.2 Å². The summed E-state index contributed by atoms with van der Waals surface area (Å²) in [6.07, 6.45) is 4.46. The predicted molar refractivity (Wildman–Crippen MR) is 119 cm³/mol. The third-order valence-electron chi connectivity index (χ3n) is 6.27. The molecule has 0 saturated heterocycles. The lowest BCUT2D eigenvalue weighted by atomic mass is 9.87. The Balaban J connectivity index is 1.59. The van der Waals surface area contributed by atoms with Crippen molar-refractivity contribution in [2.24, 2.45) is 0 Å². The van der Waals surface area contributed by atoms with Gasteiger partial charge in [0, 0.05) is 0 Å². The quantitative estimate of drug-likeness (QED) is 0.548. The number of hydrogen-bond acceptors (Lipinski definition) is 2. The lowest BCUT2D eigenvalue weighted by molar-refractivity contribution is 0.281. The van der Waals surface area contributed by atoms with Crippen molar-refractivity contribution in [1.82, 2.24) is 0 Å². The highest BCUT2D eigenvalue weighted by Gasteiger charge is 2.28. The summed E-state index contributed by atoms with van der Waals surface area (Å²) in [6, 6.07) is 18.2. The highest BCUT2D eigenvalue weighted by Crippen LogP contribution is 2.40. The van der Waals surface area contributed by atoms with Crippen molar-refractivity contribution in [2.75, 3.05) is 7.11 Å². The van der Waals surface area contributed by atoms with E-state index in [1.165, 1.54) is 22.3 Å². The van der Waals surface area contributed by atoms with Crippen LogP contribution in [0.25, 0.3) is 0 Å². The minimum absolute atomic E-state index is 0.0120. The maximum absolute atomic E-state index is 14.6. The standard InChI is InChI=1S/C27H29FO2/c1-18-3-5-19(6-4-18)7-8-22-10-12-26(28)25-11-9-23(27(22)25)14-20-13-21(17-29)16-24(15-20)30-2/h3-6,10,12-13,15-16,23,29H,7-9,11,14,17H2,1-2H3. The highest BCUT2D eigenvalue weighted by atomic mass is 19.1. The summed E-state index contributed by atoms with van der Waals surface area (Å²) in [6.45, 7) is 2.09. The van der Waals surface area contributed by atoms with E-state index < -0.39 is 0 Å². The molecule has 2 nitrogen and oxygen atoms in total. The van der Waals surface area contributed by atoms with E-state index in [0.29, 0.717) is 5.92 Å². The average Bonchev–Trinajstić information content (AvgIpc) is 3.19. The van der Waals surface area contributed by atoms with Gasteiger partial charge in [-0.3, -0.25) is 0 Å². The van der Waals surface area contributed by atoms with Gasteiger partial charge in [0.1, 0.15) is 11.6 Å². The van der Waals surface area contributed by atoms with Crippen LogP contribution in [0.2, 0.25) is 0 Å². The Bertz CT molecular complexity index is 1000. The number of aryl methyl sites for hydroxylation is 3. The molecular weight excluding hydrogens is 375 g/mol. The Morgan fingerprint density at radius 3 is 2.47 bits per heavy atom. The van der Waals surface area contributed by atoms with E-state index in [1.54, 1.807) is 13.2 Å². The first kappa shape index (κ1) is 20.6. The zero-order valence-corrected chi connectivity index (χ0v) is 17.7. The molecule has 30 heavy (non-hydrogen) atoms. The molecule has 0 bridgehead atoms.